The summed E-state index contributed by atoms with van der Waals surface area (Å²) in [6, 6.07) is 8.59. The summed E-state index contributed by atoms with van der Waals surface area (Å²) < 4.78 is 5.28. The van der Waals surface area contributed by atoms with Crippen LogP contribution in [0.3, 0.4) is 0 Å². The maximum absolute atomic E-state index is 5.28. The van der Waals surface area contributed by atoms with Crippen molar-refractivity contribution >= 4 is 6.08 Å². The number of rotatable bonds is 1. The molecule has 1 saturated heterocycles. The van der Waals surface area contributed by atoms with E-state index >= 15 is 0 Å². The van der Waals surface area contributed by atoms with Crippen molar-refractivity contribution in [3.05, 3.63) is 41.0 Å². The molecule has 68 valence electrons. The summed E-state index contributed by atoms with van der Waals surface area (Å²) >= 11 is 0. The van der Waals surface area contributed by atoms with Gasteiger partial charge in [0.15, 0.2) is 0 Å². The van der Waals surface area contributed by atoms with Crippen LogP contribution in [0.2, 0.25) is 0 Å². The standard InChI is InChI=1S/C12H14O/c1-10-2-4-11(5-3-10)8-12-6-7-13-9-12/h2-5,8H,6-7,9H2,1H3/b12-8-. The predicted octanol–water partition coefficient (Wildman–Crippen LogP) is 2.80. The summed E-state index contributed by atoms with van der Waals surface area (Å²) in [7, 11) is 0. The lowest BCUT2D eigenvalue weighted by atomic mass is 10.1. The first kappa shape index (κ1) is 8.52. The molecule has 13 heavy (non-hydrogen) atoms. The molecule has 1 heterocycles. The molecule has 1 nitrogen and oxygen atoms in total. The number of hydrogen-bond acceptors (Lipinski definition) is 1. The Morgan fingerprint density at radius 1 is 1.23 bits per heavy atom. The number of benzene rings is 1. The van der Waals surface area contributed by atoms with Crippen LogP contribution >= 0.6 is 0 Å². The second kappa shape index (κ2) is 3.75. The van der Waals surface area contributed by atoms with Gasteiger partial charge in [-0.25, -0.2) is 0 Å². The third-order valence-corrected chi connectivity index (χ3v) is 2.30. The van der Waals surface area contributed by atoms with E-state index in [1.807, 2.05) is 0 Å². The zero-order chi connectivity index (χ0) is 9.10. The molecule has 0 spiro atoms. The lowest BCUT2D eigenvalue weighted by Gasteiger charge is -1.96. The molecule has 0 aromatic heterocycles. The van der Waals surface area contributed by atoms with E-state index in [9.17, 15) is 0 Å². The molecule has 0 bridgehead atoms. The quantitative estimate of drug-likeness (QED) is 0.636. The minimum Gasteiger partial charge on any atom is -0.377 e. The smallest absolute Gasteiger partial charge is 0.0681 e. The van der Waals surface area contributed by atoms with Crippen molar-refractivity contribution in [3.63, 3.8) is 0 Å². The summed E-state index contributed by atoms with van der Waals surface area (Å²) in [5.74, 6) is 0. The Morgan fingerprint density at radius 2 is 2.00 bits per heavy atom. The molecule has 1 aliphatic heterocycles. The average molecular weight is 174 g/mol. The van der Waals surface area contributed by atoms with E-state index in [1.165, 1.54) is 16.7 Å². The molecule has 1 heteroatoms. The lowest BCUT2D eigenvalue weighted by molar-refractivity contribution is 0.205. The predicted molar refractivity (Wildman–Crippen MR) is 54.6 cm³/mol. The molecular formula is C12H14O. The van der Waals surface area contributed by atoms with E-state index in [4.69, 9.17) is 4.74 Å². The van der Waals surface area contributed by atoms with E-state index in [2.05, 4.69) is 37.3 Å². The SMILES string of the molecule is Cc1ccc(/C=C2/CCOC2)cc1. The Morgan fingerprint density at radius 3 is 2.62 bits per heavy atom. The van der Waals surface area contributed by atoms with Crippen LogP contribution in [0, 0.1) is 6.92 Å². The molecule has 2 rings (SSSR count). The van der Waals surface area contributed by atoms with Crippen molar-refractivity contribution in [1.82, 2.24) is 0 Å². The summed E-state index contributed by atoms with van der Waals surface area (Å²) in [5.41, 5.74) is 4.00. The maximum Gasteiger partial charge on any atom is 0.0681 e. The summed E-state index contributed by atoms with van der Waals surface area (Å²) in [5, 5.41) is 0. The second-order valence-electron chi connectivity index (χ2n) is 3.52. The first-order valence-electron chi connectivity index (χ1n) is 4.68. The van der Waals surface area contributed by atoms with Gasteiger partial charge in [-0.1, -0.05) is 35.9 Å². The lowest BCUT2D eigenvalue weighted by Crippen LogP contribution is -1.81. The Kier molecular flexibility index (Phi) is 2.46. The van der Waals surface area contributed by atoms with Gasteiger partial charge in [-0.3, -0.25) is 0 Å². The van der Waals surface area contributed by atoms with Crippen molar-refractivity contribution in [2.24, 2.45) is 0 Å². The fourth-order valence-corrected chi connectivity index (χ4v) is 1.49. The molecule has 1 aromatic rings. The van der Waals surface area contributed by atoms with E-state index in [0.717, 1.165) is 19.6 Å². The van der Waals surface area contributed by atoms with E-state index in [-0.39, 0.29) is 0 Å². The molecule has 0 atom stereocenters. The van der Waals surface area contributed by atoms with Gasteiger partial charge in [-0.2, -0.15) is 0 Å². The highest BCUT2D eigenvalue weighted by atomic mass is 16.5. The van der Waals surface area contributed by atoms with Gasteiger partial charge >= 0.3 is 0 Å². The highest BCUT2D eigenvalue weighted by Crippen LogP contribution is 2.15. The zero-order valence-electron chi connectivity index (χ0n) is 7.92. The highest BCUT2D eigenvalue weighted by molar-refractivity contribution is 5.53. The average Bonchev–Trinajstić information content (AvgIpc) is 2.62. The number of aryl methyl sites for hydroxylation is 1. The van der Waals surface area contributed by atoms with E-state index in [1.54, 1.807) is 0 Å². The van der Waals surface area contributed by atoms with Crippen molar-refractivity contribution in [3.8, 4) is 0 Å². The molecule has 0 unspecified atom stereocenters. The van der Waals surface area contributed by atoms with Crippen LogP contribution < -0.4 is 0 Å². The van der Waals surface area contributed by atoms with Gasteiger partial charge in [0.25, 0.3) is 0 Å². The van der Waals surface area contributed by atoms with E-state index < -0.39 is 0 Å². The van der Waals surface area contributed by atoms with Crippen molar-refractivity contribution < 1.29 is 4.74 Å². The van der Waals surface area contributed by atoms with Gasteiger partial charge in [-0.15, -0.1) is 0 Å². The third kappa shape index (κ3) is 2.19. The molecule has 0 aliphatic carbocycles. The molecule has 1 aromatic carbocycles. The number of hydrogen-bond donors (Lipinski definition) is 0. The minimum atomic E-state index is 0.813. The van der Waals surface area contributed by atoms with Crippen molar-refractivity contribution in [1.29, 1.82) is 0 Å². The monoisotopic (exact) mass is 174 g/mol. The maximum atomic E-state index is 5.28. The summed E-state index contributed by atoms with van der Waals surface area (Å²) in [4.78, 5) is 0. The van der Waals surface area contributed by atoms with Crippen LogP contribution in [0.15, 0.2) is 29.8 Å². The van der Waals surface area contributed by atoms with Gasteiger partial charge in [0.1, 0.15) is 0 Å². The van der Waals surface area contributed by atoms with Gasteiger partial charge < -0.3 is 4.74 Å². The zero-order valence-corrected chi connectivity index (χ0v) is 7.92. The third-order valence-electron chi connectivity index (χ3n) is 2.30. The van der Waals surface area contributed by atoms with Crippen LogP contribution in [0.4, 0.5) is 0 Å². The molecule has 0 amide bonds. The Bertz CT molecular complexity index is 300. The van der Waals surface area contributed by atoms with Gasteiger partial charge in [0.05, 0.1) is 13.2 Å². The highest BCUT2D eigenvalue weighted by Gasteiger charge is 2.05. The molecule has 1 aliphatic rings. The Hall–Kier alpha value is -1.08. The second-order valence-corrected chi connectivity index (χ2v) is 3.52. The van der Waals surface area contributed by atoms with E-state index in [0.29, 0.717) is 0 Å². The summed E-state index contributed by atoms with van der Waals surface area (Å²) in [6.45, 7) is 3.81. The Balaban J connectivity index is 2.17. The van der Waals surface area contributed by atoms with Gasteiger partial charge in [-0.05, 0) is 24.5 Å². The molecule has 0 N–H and O–H groups in total. The van der Waals surface area contributed by atoms with Crippen LogP contribution in [-0.2, 0) is 4.74 Å². The molecule has 0 radical (unpaired) electrons. The summed E-state index contributed by atoms with van der Waals surface area (Å²) in [6.07, 6.45) is 3.32. The fourth-order valence-electron chi connectivity index (χ4n) is 1.49. The molecule has 0 saturated carbocycles. The van der Waals surface area contributed by atoms with Gasteiger partial charge in [0, 0.05) is 0 Å². The molecular weight excluding hydrogens is 160 g/mol. The number of ether oxygens (including phenoxy) is 1. The van der Waals surface area contributed by atoms with Crippen LogP contribution in [0.1, 0.15) is 17.5 Å². The normalized spacial score (nSPS) is 19.6. The van der Waals surface area contributed by atoms with Crippen LogP contribution in [0.25, 0.3) is 6.08 Å². The topological polar surface area (TPSA) is 9.23 Å². The van der Waals surface area contributed by atoms with Crippen molar-refractivity contribution in [2.75, 3.05) is 13.2 Å². The van der Waals surface area contributed by atoms with Gasteiger partial charge in [0.2, 0.25) is 0 Å². The first-order valence-corrected chi connectivity index (χ1v) is 4.68. The first-order chi connectivity index (χ1) is 6.34. The van der Waals surface area contributed by atoms with Crippen LogP contribution in [0.5, 0.6) is 0 Å². The van der Waals surface area contributed by atoms with Crippen molar-refractivity contribution in [2.45, 2.75) is 13.3 Å². The Labute approximate surface area is 79.0 Å². The largest absolute Gasteiger partial charge is 0.377 e. The minimum absolute atomic E-state index is 0.813. The molecule has 1 fully saturated rings. The van der Waals surface area contributed by atoms with Crippen LogP contribution in [-0.4, -0.2) is 13.2 Å². The fraction of sp³-hybridized carbons (Fsp3) is 0.333.